The highest BCUT2D eigenvalue weighted by Gasteiger charge is 2.23. The van der Waals surface area contributed by atoms with Crippen molar-refractivity contribution in [1.29, 1.82) is 0 Å². The monoisotopic (exact) mass is 271 g/mol. The molecule has 0 saturated heterocycles. The molecule has 1 aromatic rings. The van der Waals surface area contributed by atoms with Gasteiger partial charge in [-0.25, -0.2) is 4.39 Å². The summed E-state index contributed by atoms with van der Waals surface area (Å²) >= 11 is 3.07. The number of nitrogens with one attached hydrogen (secondary N) is 1. The Morgan fingerprint density at radius 2 is 2.27 bits per heavy atom. The molecule has 0 unspecified atom stereocenters. The van der Waals surface area contributed by atoms with Gasteiger partial charge < -0.3 is 5.32 Å². The van der Waals surface area contributed by atoms with Gasteiger partial charge in [-0.15, -0.1) is 0 Å². The smallest absolute Gasteiger partial charge is 0.224 e. The minimum atomic E-state index is -0.327. The van der Waals surface area contributed by atoms with Crippen LogP contribution in [0, 0.1) is 5.82 Å². The SMILES string of the molecule is O=C(Cc1ccc(Br)c(F)c1)NC1CC1. The topological polar surface area (TPSA) is 29.1 Å². The lowest BCUT2D eigenvalue weighted by Gasteiger charge is -2.04. The Labute approximate surface area is 96.0 Å². The number of halogens is 2. The summed E-state index contributed by atoms with van der Waals surface area (Å²) in [7, 11) is 0. The Bertz CT molecular complexity index is 390. The van der Waals surface area contributed by atoms with Crippen molar-refractivity contribution >= 4 is 21.8 Å². The lowest BCUT2D eigenvalue weighted by molar-refractivity contribution is -0.120. The molecule has 2 rings (SSSR count). The van der Waals surface area contributed by atoms with Crippen molar-refractivity contribution in [3.63, 3.8) is 0 Å². The highest BCUT2D eigenvalue weighted by molar-refractivity contribution is 9.10. The van der Waals surface area contributed by atoms with Crippen LogP contribution in [0.15, 0.2) is 22.7 Å². The van der Waals surface area contributed by atoms with Crippen LogP contribution >= 0.6 is 15.9 Å². The number of amides is 1. The van der Waals surface area contributed by atoms with Gasteiger partial charge in [0.1, 0.15) is 5.82 Å². The first-order valence-electron chi connectivity index (χ1n) is 4.88. The molecule has 0 bridgehead atoms. The zero-order valence-electron chi connectivity index (χ0n) is 8.09. The maximum Gasteiger partial charge on any atom is 0.224 e. The molecule has 1 N–H and O–H groups in total. The van der Waals surface area contributed by atoms with Gasteiger partial charge in [-0.2, -0.15) is 0 Å². The molecule has 1 aliphatic rings. The summed E-state index contributed by atoms with van der Waals surface area (Å²) in [6.07, 6.45) is 2.39. The lowest BCUT2D eigenvalue weighted by Crippen LogP contribution is -2.26. The van der Waals surface area contributed by atoms with E-state index in [1.54, 1.807) is 12.1 Å². The number of hydrogen-bond acceptors (Lipinski definition) is 1. The van der Waals surface area contributed by atoms with Gasteiger partial charge in [0, 0.05) is 6.04 Å². The van der Waals surface area contributed by atoms with Crippen LogP contribution in [0.1, 0.15) is 18.4 Å². The van der Waals surface area contributed by atoms with E-state index in [-0.39, 0.29) is 18.1 Å². The van der Waals surface area contributed by atoms with Gasteiger partial charge in [0.25, 0.3) is 0 Å². The van der Waals surface area contributed by atoms with Gasteiger partial charge in [0.05, 0.1) is 10.9 Å². The van der Waals surface area contributed by atoms with Crippen molar-refractivity contribution in [2.75, 3.05) is 0 Å². The van der Waals surface area contributed by atoms with E-state index in [0.29, 0.717) is 16.1 Å². The predicted octanol–water partition coefficient (Wildman–Crippen LogP) is 2.41. The number of hydrogen-bond donors (Lipinski definition) is 1. The quantitative estimate of drug-likeness (QED) is 0.899. The Morgan fingerprint density at radius 1 is 1.53 bits per heavy atom. The van der Waals surface area contributed by atoms with E-state index in [2.05, 4.69) is 21.2 Å². The van der Waals surface area contributed by atoms with Crippen molar-refractivity contribution in [1.82, 2.24) is 5.32 Å². The maximum atomic E-state index is 13.1. The van der Waals surface area contributed by atoms with Crippen molar-refractivity contribution in [2.45, 2.75) is 25.3 Å². The van der Waals surface area contributed by atoms with Crippen LogP contribution in [0.4, 0.5) is 4.39 Å². The fourth-order valence-corrected chi connectivity index (χ4v) is 1.59. The van der Waals surface area contributed by atoms with Crippen LogP contribution in [0.25, 0.3) is 0 Å². The molecule has 2 nitrogen and oxygen atoms in total. The second-order valence-corrected chi connectivity index (χ2v) is 4.62. The minimum absolute atomic E-state index is 0.0285. The lowest BCUT2D eigenvalue weighted by atomic mass is 10.1. The first-order valence-corrected chi connectivity index (χ1v) is 5.68. The maximum absolute atomic E-state index is 13.1. The second kappa shape index (κ2) is 4.31. The summed E-state index contributed by atoms with van der Waals surface area (Å²) in [6, 6.07) is 5.11. The Hall–Kier alpha value is -0.900. The molecule has 0 radical (unpaired) electrons. The molecular weight excluding hydrogens is 261 g/mol. The molecule has 80 valence electrons. The van der Waals surface area contributed by atoms with E-state index in [9.17, 15) is 9.18 Å². The zero-order valence-corrected chi connectivity index (χ0v) is 9.68. The summed E-state index contributed by atoms with van der Waals surface area (Å²) in [6.45, 7) is 0. The van der Waals surface area contributed by atoms with Gasteiger partial charge in [0.2, 0.25) is 5.91 Å². The molecule has 0 aliphatic heterocycles. The molecule has 1 saturated carbocycles. The summed E-state index contributed by atoms with van der Waals surface area (Å²) in [5.74, 6) is -0.356. The van der Waals surface area contributed by atoms with Crippen LogP contribution in [0.3, 0.4) is 0 Å². The number of rotatable bonds is 3. The van der Waals surface area contributed by atoms with Crippen LogP contribution in [-0.4, -0.2) is 11.9 Å². The minimum Gasteiger partial charge on any atom is -0.353 e. The fraction of sp³-hybridized carbons (Fsp3) is 0.364. The molecule has 15 heavy (non-hydrogen) atoms. The summed E-state index contributed by atoms with van der Waals surface area (Å²) in [5.41, 5.74) is 0.703. The van der Waals surface area contributed by atoms with E-state index in [1.807, 2.05) is 0 Å². The van der Waals surface area contributed by atoms with E-state index in [0.717, 1.165) is 12.8 Å². The molecule has 0 aromatic heterocycles. The standard InChI is InChI=1S/C11H11BrFNO/c12-9-4-1-7(5-10(9)13)6-11(15)14-8-2-3-8/h1,4-5,8H,2-3,6H2,(H,14,15). The van der Waals surface area contributed by atoms with E-state index in [4.69, 9.17) is 0 Å². The van der Waals surface area contributed by atoms with Crippen molar-refractivity contribution in [2.24, 2.45) is 0 Å². The third-order valence-corrected chi connectivity index (χ3v) is 2.93. The molecule has 1 aliphatic carbocycles. The Kier molecular flexibility index (Phi) is 3.05. The Morgan fingerprint density at radius 3 is 2.87 bits per heavy atom. The van der Waals surface area contributed by atoms with Gasteiger partial charge in [0.15, 0.2) is 0 Å². The first kappa shape index (κ1) is 10.6. The first-order chi connectivity index (χ1) is 7.15. The van der Waals surface area contributed by atoms with Crippen LogP contribution in [0.2, 0.25) is 0 Å². The van der Waals surface area contributed by atoms with E-state index < -0.39 is 0 Å². The largest absolute Gasteiger partial charge is 0.353 e. The number of carbonyl (C=O) groups excluding carboxylic acids is 1. The normalized spacial score (nSPS) is 15.1. The number of benzene rings is 1. The van der Waals surface area contributed by atoms with Crippen molar-refractivity contribution in [3.8, 4) is 0 Å². The molecule has 0 heterocycles. The third kappa shape index (κ3) is 3.02. The highest BCUT2D eigenvalue weighted by Crippen LogP contribution is 2.19. The summed E-state index contributed by atoms with van der Waals surface area (Å²) in [4.78, 5) is 11.4. The van der Waals surface area contributed by atoms with Crippen molar-refractivity contribution < 1.29 is 9.18 Å². The molecule has 1 fully saturated rings. The molecule has 0 spiro atoms. The van der Waals surface area contributed by atoms with Crippen LogP contribution < -0.4 is 5.32 Å². The Balaban J connectivity index is 1.97. The van der Waals surface area contributed by atoms with Gasteiger partial charge in [-0.05, 0) is 46.5 Å². The van der Waals surface area contributed by atoms with Gasteiger partial charge >= 0.3 is 0 Å². The molecular formula is C11H11BrFNO. The third-order valence-electron chi connectivity index (χ3n) is 2.29. The average molecular weight is 272 g/mol. The molecule has 4 heteroatoms. The van der Waals surface area contributed by atoms with E-state index in [1.165, 1.54) is 6.07 Å². The zero-order chi connectivity index (χ0) is 10.8. The summed E-state index contributed by atoms with van der Waals surface area (Å²) in [5, 5.41) is 2.86. The predicted molar refractivity (Wildman–Crippen MR) is 59.0 cm³/mol. The molecule has 1 aromatic carbocycles. The second-order valence-electron chi connectivity index (χ2n) is 3.77. The molecule has 0 atom stereocenters. The van der Waals surface area contributed by atoms with Crippen LogP contribution in [-0.2, 0) is 11.2 Å². The van der Waals surface area contributed by atoms with Gasteiger partial charge in [-0.1, -0.05) is 6.07 Å². The van der Waals surface area contributed by atoms with Gasteiger partial charge in [-0.3, -0.25) is 4.79 Å². The fourth-order valence-electron chi connectivity index (χ4n) is 1.34. The van der Waals surface area contributed by atoms with Crippen LogP contribution in [0.5, 0.6) is 0 Å². The average Bonchev–Trinajstić information content (AvgIpc) is 2.95. The number of carbonyl (C=O) groups is 1. The van der Waals surface area contributed by atoms with Crippen molar-refractivity contribution in [3.05, 3.63) is 34.1 Å². The highest BCUT2D eigenvalue weighted by atomic mass is 79.9. The van der Waals surface area contributed by atoms with E-state index >= 15 is 0 Å². The molecule has 1 amide bonds. The summed E-state index contributed by atoms with van der Waals surface area (Å²) < 4.78 is 13.6.